The molecule has 0 bridgehead atoms. The van der Waals surface area contributed by atoms with Crippen LogP contribution in [0.2, 0.25) is 5.02 Å². The minimum atomic E-state index is -0.477. The molecule has 7 nitrogen and oxygen atoms in total. The maximum absolute atomic E-state index is 13.0. The average molecular weight is 447 g/mol. The number of carbonyl (C=O) groups is 2. The highest BCUT2D eigenvalue weighted by atomic mass is 35.5. The fraction of sp³-hybridized carbons (Fsp3) is 0.286. The number of fused-ring (bicyclic) bond motifs is 1. The zero-order valence-corrected chi connectivity index (χ0v) is 18.0. The van der Waals surface area contributed by atoms with Crippen molar-refractivity contribution in [3.63, 3.8) is 0 Å². The number of esters is 1. The van der Waals surface area contributed by atoms with Gasteiger partial charge in [0.2, 0.25) is 0 Å². The standard InChI is InChI=1S/C21H19ClN2O5S/c1-11-13(10-28-15-8-4-3-7-14(15)22)18(24-29-11)19(25)23-20-17(21(26)27-2)12-6-5-9-16(12)30-20/h3-4,7-8H,5-6,9-10H2,1-2H3,(H,23,25). The van der Waals surface area contributed by atoms with E-state index in [4.69, 9.17) is 25.6 Å². The number of nitrogens with zero attached hydrogens (tertiary/aromatic N) is 1. The summed E-state index contributed by atoms with van der Waals surface area (Å²) in [6.45, 7) is 1.77. The maximum atomic E-state index is 13.0. The first-order valence-electron chi connectivity index (χ1n) is 9.36. The van der Waals surface area contributed by atoms with Crippen LogP contribution in [-0.2, 0) is 24.2 Å². The molecule has 4 rings (SSSR count). The summed E-state index contributed by atoms with van der Waals surface area (Å²) in [5.74, 6) is 0.0286. The van der Waals surface area contributed by atoms with Gasteiger partial charge >= 0.3 is 5.97 Å². The van der Waals surface area contributed by atoms with Crippen molar-refractivity contribution in [3.8, 4) is 5.75 Å². The first-order valence-corrected chi connectivity index (χ1v) is 10.6. The largest absolute Gasteiger partial charge is 0.487 e. The Morgan fingerprint density at radius 3 is 2.87 bits per heavy atom. The molecule has 1 amide bonds. The molecule has 0 radical (unpaired) electrons. The van der Waals surface area contributed by atoms with Gasteiger partial charge in [-0.3, -0.25) is 4.79 Å². The Labute approximate surface area is 181 Å². The van der Waals surface area contributed by atoms with Crippen LogP contribution in [0.4, 0.5) is 5.00 Å². The van der Waals surface area contributed by atoms with E-state index in [0.717, 1.165) is 29.7 Å². The number of methoxy groups -OCH3 is 1. The lowest BCUT2D eigenvalue weighted by atomic mass is 10.1. The molecule has 1 aliphatic carbocycles. The number of carbonyl (C=O) groups excluding carboxylic acids is 2. The summed E-state index contributed by atoms with van der Waals surface area (Å²) in [6.07, 6.45) is 2.68. The second-order valence-corrected chi connectivity index (χ2v) is 8.30. The van der Waals surface area contributed by atoms with Gasteiger partial charge in [-0.25, -0.2) is 4.79 Å². The molecule has 9 heteroatoms. The summed E-state index contributed by atoms with van der Waals surface area (Å²) < 4.78 is 15.9. The Bertz CT molecular complexity index is 1120. The number of halogens is 1. The fourth-order valence-electron chi connectivity index (χ4n) is 3.42. The van der Waals surface area contributed by atoms with Gasteiger partial charge in [0.25, 0.3) is 5.91 Å². The fourth-order valence-corrected chi connectivity index (χ4v) is 4.89. The van der Waals surface area contributed by atoms with Gasteiger partial charge in [0, 0.05) is 4.88 Å². The lowest BCUT2D eigenvalue weighted by Crippen LogP contribution is -2.17. The summed E-state index contributed by atoms with van der Waals surface area (Å²) in [5, 5.41) is 7.64. The molecule has 1 N–H and O–H groups in total. The van der Waals surface area contributed by atoms with Crippen molar-refractivity contribution in [2.75, 3.05) is 12.4 Å². The minimum Gasteiger partial charge on any atom is -0.487 e. The molecule has 0 aliphatic heterocycles. The van der Waals surface area contributed by atoms with Crippen LogP contribution in [0.15, 0.2) is 28.8 Å². The Morgan fingerprint density at radius 2 is 2.10 bits per heavy atom. The Balaban J connectivity index is 1.57. The van der Waals surface area contributed by atoms with Crippen molar-refractivity contribution < 1.29 is 23.6 Å². The molecule has 0 atom stereocenters. The third-order valence-corrected chi connectivity index (χ3v) is 6.47. The minimum absolute atomic E-state index is 0.0621. The molecule has 0 spiro atoms. The van der Waals surface area contributed by atoms with E-state index in [1.165, 1.54) is 18.4 Å². The van der Waals surface area contributed by atoms with Gasteiger partial charge < -0.3 is 19.3 Å². The molecule has 0 unspecified atom stereocenters. The summed E-state index contributed by atoms with van der Waals surface area (Å²) in [6, 6.07) is 7.06. The van der Waals surface area contributed by atoms with Crippen LogP contribution in [-0.4, -0.2) is 24.1 Å². The number of aryl methyl sites for hydroxylation is 2. The van der Waals surface area contributed by atoms with E-state index in [0.29, 0.717) is 32.7 Å². The number of benzene rings is 1. The number of amides is 1. The molecule has 156 valence electrons. The Hall–Kier alpha value is -2.84. The third kappa shape index (κ3) is 3.80. The lowest BCUT2D eigenvalue weighted by molar-refractivity contribution is 0.0601. The summed E-state index contributed by atoms with van der Waals surface area (Å²) in [5.41, 5.74) is 2.00. The van der Waals surface area contributed by atoms with E-state index in [2.05, 4.69) is 10.5 Å². The normalized spacial score (nSPS) is 12.5. The molecule has 2 heterocycles. The van der Waals surface area contributed by atoms with E-state index in [1.807, 2.05) is 0 Å². The Kier molecular flexibility index (Phi) is 5.78. The molecule has 0 fully saturated rings. The number of hydrogen-bond acceptors (Lipinski definition) is 7. The molecule has 2 aromatic heterocycles. The van der Waals surface area contributed by atoms with E-state index >= 15 is 0 Å². The van der Waals surface area contributed by atoms with Gasteiger partial charge in [0.05, 0.1) is 23.3 Å². The van der Waals surface area contributed by atoms with Gasteiger partial charge in [0.15, 0.2) is 5.69 Å². The zero-order chi connectivity index (χ0) is 21.3. The van der Waals surface area contributed by atoms with E-state index < -0.39 is 11.9 Å². The summed E-state index contributed by atoms with van der Waals surface area (Å²) in [4.78, 5) is 26.4. The summed E-state index contributed by atoms with van der Waals surface area (Å²) in [7, 11) is 1.33. The first kappa shape index (κ1) is 20.4. The number of nitrogens with one attached hydrogen (secondary N) is 1. The monoisotopic (exact) mass is 446 g/mol. The van der Waals surface area contributed by atoms with Crippen LogP contribution in [0.3, 0.4) is 0 Å². The smallest absolute Gasteiger partial charge is 0.341 e. The quantitative estimate of drug-likeness (QED) is 0.546. The van der Waals surface area contributed by atoms with Gasteiger partial charge in [-0.15, -0.1) is 11.3 Å². The summed E-state index contributed by atoms with van der Waals surface area (Å²) >= 11 is 7.53. The number of thiophene rings is 1. The number of ether oxygens (including phenoxy) is 2. The molecule has 1 aromatic carbocycles. The van der Waals surface area contributed by atoms with E-state index in [1.54, 1.807) is 31.2 Å². The van der Waals surface area contributed by atoms with Crippen LogP contribution in [0, 0.1) is 6.92 Å². The molecule has 1 aliphatic rings. The number of rotatable bonds is 6. The van der Waals surface area contributed by atoms with Crippen molar-refractivity contribution in [2.24, 2.45) is 0 Å². The number of para-hydroxylation sites is 1. The van der Waals surface area contributed by atoms with Crippen molar-refractivity contribution in [3.05, 3.63) is 62.3 Å². The Morgan fingerprint density at radius 1 is 1.30 bits per heavy atom. The topological polar surface area (TPSA) is 90.7 Å². The molecular formula is C21H19ClN2O5S. The average Bonchev–Trinajstić information content (AvgIpc) is 3.41. The maximum Gasteiger partial charge on any atom is 0.341 e. The lowest BCUT2D eigenvalue weighted by Gasteiger charge is -2.09. The van der Waals surface area contributed by atoms with Crippen LogP contribution in [0.5, 0.6) is 5.75 Å². The highest BCUT2D eigenvalue weighted by Crippen LogP contribution is 2.39. The van der Waals surface area contributed by atoms with E-state index in [-0.39, 0.29) is 12.3 Å². The van der Waals surface area contributed by atoms with Crippen LogP contribution < -0.4 is 10.1 Å². The zero-order valence-electron chi connectivity index (χ0n) is 16.4. The predicted octanol–water partition coefficient (Wildman–Crippen LogP) is 4.80. The van der Waals surface area contributed by atoms with Crippen LogP contribution >= 0.6 is 22.9 Å². The van der Waals surface area contributed by atoms with Crippen molar-refractivity contribution >= 4 is 39.8 Å². The molecule has 3 aromatic rings. The second kappa shape index (κ2) is 8.49. The van der Waals surface area contributed by atoms with Gasteiger partial charge in [0.1, 0.15) is 23.1 Å². The van der Waals surface area contributed by atoms with E-state index in [9.17, 15) is 9.59 Å². The SMILES string of the molecule is COC(=O)c1c(NC(=O)c2noc(C)c2COc2ccccc2Cl)sc2c1CCC2. The predicted molar refractivity (Wildman–Crippen MR) is 113 cm³/mol. The molecular weight excluding hydrogens is 428 g/mol. The second-order valence-electron chi connectivity index (χ2n) is 6.79. The number of aromatic nitrogens is 1. The first-order chi connectivity index (χ1) is 14.5. The van der Waals surface area contributed by atoms with Crippen molar-refractivity contribution in [1.29, 1.82) is 0 Å². The van der Waals surface area contributed by atoms with Gasteiger partial charge in [-0.1, -0.05) is 28.9 Å². The molecule has 0 saturated carbocycles. The van der Waals surface area contributed by atoms with Crippen LogP contribution in [0.25, 0.3) is 0 Å². The van der Waals surface area contributed by atoms with Crippen molar-refractivity contribution in [2.45, 2.75) is 32.8 Å². The highest BCUT2D eigenvalue weighted by molar-refractivity contribution is 7.17. The number of anilines is 1. The molecule has 0 saturated heterocycles. The molecule has 30 heavy (non-hydrogen) atoms. The van der Waals surface area contributed by atoms with Gasteiger partial charge in [-0.05, 0) is 43.9 Å². The van der Waals surface area contributed by atoms with Gasteiger partial charge in [-0.2, -0.15) is 0 Å². The third-order valence-electron chi connectivity index (χ3n) is 4.95. The number of hydrogen-bond donors (Lipinski definition) is 1. The van der Waals surface area contributed by atoms with Crippen LogP contribution in [0.1, 0.15) is 49.0 Å². The van der Waals surface area contributed by atoms with Crippen molar-refractivity contribution in [1.82, 2.24) is 5.16 Å². The highest BCUT2D eigenvalue weighted by Gasteiger charge is 2.29.